The summed E-state index contributed by atoms with van der Waals surface area (Å²) in [5, 5.41) is 0. The highest BCUT2D eigenvalue weighted by molar-refractivity contribution is 5.85. The molecule has 1 unspecified atom stereocenters. The molecule has 0 spiro atoms. The van der Waals surface area contributed by atoms with E-state index in [1.807, 2.05) is 18.2 Å². The third-order valence-corrected chi connectivity index (χ3v) is 6.54. The molecule has 1 aliphatic heterocycles. The number of benzene rings is 3. The molecule has 4 nitrogen and oxygen atoms in total. The lowest BCUT2D eigenvalue weighted by Crippen LogP contribution is -2.48. The van der Waals surface area contributed by atoms with E-state index in [4.69, 9.17) is 9.47 Å². The molecule has 1 fully saturated rings. The van der Waals surface area contributed by atoms with Crippen LogP contribution in [0.3, 0.4) is 0 Å². The van der Waals surface area contributed by atoms with E-state index in [1.54, 1.807) is 26.4 Å². The number of hydrogen-bond acceptors (Lipinski definition) is 4. The summed E-state index contributed by atoms with van der Waals surface area (Å²) in [4.78, 5) is 5.11. The van der Waals surface area contributed by atoms with Gasteiger partial charge in [0.05, 0.1) is 14.2 Å². The molecule has 0 aromatic heterocycles. The first-order chi connectivity index (χ1) is 16.2. The van der Waals surface area contributed by atoms with Crippen LogP contribution >= 0.6 is 24.8 Å². The monoisotopic (exact) mass is 520 g/mol. The summed E-state index contributed by atoms with van der Waals surface area (Å²) in [6.45, 7) is 5.15. The average Bonchev–Trinajstić information content (AvgIpc) is 2.88. The maximum absolute atomic E-state index is 13.4. The number of ether oxygens (including phenoxy) is 2. The van der Waals surface area contributed by atoms with Crippen molar-refractivity contribution in [1.29, 1.82) is 0 Å². The SMILES string of the molecule is COc1ccc(CCN2CCN(C(Cc3ccc(F)cc3)c3ccccc3)CC2)cc1OC.Cl.Cl. The lowest BCUT2D eigenvalue weighted by Gasteiger charge is -2.39. The van der Waals surface area contributed by atoms with E-state index in [0.717, 1.165) is 57.1 Å². The van der Waals surface area contributed by atoms with Crippen LogP contribution in [0, 0.1) is 5.82 Å². The van der Waals surface area contributed by atoms with Crippen molar-refractivity contribution in [3.63, 3.8) is 0 Å². The zero-order chi connectivity index (χ0) is 23.0. The minimum Gasteiger partial charge on any atom is -0.493 e. The molecule has 0 N–H and O–H groups in total. The van der Waals surface area contributed by atoms with Crippen LogP contribution in [0.1, 0.15) is 22.7 Å². The highest BCUT2D eigenvalue weighted by atomic mass is 35.5. The molecule has 1 atom stereocenters. The second kappa shape index (κ2) is 14.3. The fourth-order valence-corrected chi connectivity index (χ4v) is 4.60. The first-order valence-electron chi connectivity index (χ1n) is 11.6. The second-order valence-corrected chi connectivity index (χ2v) is 8.57. The van der Waals surface area contributed by atoms with Gasteiger partial charge in [0, 0.05) is 38.8 Å². The van der Waals surface area contributed by atoms with Crippen molar-refractivity contribution in [2.24, 2.45) is 0 Å². The number of methoxy groups -OCH3 is 2. The maximum atomic E-state index is 13.4. The number of halogens is 3. The predicted molar refractivity (Wildman–Crippen MR) is 145 cm³/mol. The molecule has 0 aliphatic carbocycles. The van der Waals surface area contributed by atoms with E-state index in [0.29, 0.717) is 6.04 Å². The minimum absolute atomic E-state index is 0. The van der Waals surface area contributed by atoms with E-state index in [9.17, 15) is 4.39 Å². The Labute approximate surface area is 220 Å². The minimum atomic E-state index is -0.182. The van der Waals surface area contributed by atoms with Crippen molar-refractivity contribution in [3.05, 3.63) is 95.3 Å². The highest BCUT2D eigenvalue weighted by Gasteiger charge is 2.25. The Morgan fingerprint density at radius 3 is 2.03 bits per heavy atom. The molecule has 0 radical (unpaired) electrons. The van der Waals surface area contributed by atoms with E-state index >= 15 is 0 Å². The largest absolute Gasteiger partial charge is 0.493 e. The Balaban J connectivity index is 0.00000216. The van der Waals surface area contributed by atoms with Gasteiger partial charge in [0.2, 0.25) is 0 Å². The molecule has 3 aromatic rings. The van der Waals surface area contributed by atoms with Gasteiger partial charge in [0.15, 0.2) is 11.5 Å². The smallest absolute Gasteiger partial charge is 0.160 e. The van der Waals surface area contributed by atoms with E-state index in [-0.39, 0.29) is 30.6 Å². The lowest BCUT2D eigenvalue weighted by atomic mass is 9.96. The molecule has 4 rings (SSSR count). The van der Waals surface area contributed by atoms with E-state index in [2.05, 4.69) is 52.3 Å². The normalized spacial score (nSPS) is 14.9. The topological polar surface area (TPSA) is 24.9 Å². The summed E-state index contributed by atoms with van der Waals surface area (Å²) in [5.74, 6) is 1.37. The van der Waals surface area contributed by atoms with Gasteiger partial charge in [-0.25, -0.2) is 4.39 Å². The summed E-state index contributed by atoms with van der Waals surface area (Å²) in [7, 11) is 3.34. The Morgan fingerprint density at radius 1 is 0.771 bits per heavy atom. The van der Waals surface area contributed by atoms with Crippen molar-refractivity contribution in [2.45, 2.75) is 18.9 Å². The third-order valence-electron chi connectivity index (χ3n) is 6.54. The quantitative estimate of drug-likeness (QED) is 0.354. The van der Waals surface area contributed by atoms with Crippen LogP contribution in [-0.4, -0.2) is 56.7 Å². The van der Waals surface area contributed by atoms with Crippen molar-refractivity contribution in [1.82, 2.24) is 9.80 Å². The van der Waals surface area contributed by atoms with E-state index < -0.39 is 0 Å². The van der Waals surface area contributed by atoms with Crippen LogP contribution in [0.4, 0.5) is 4.39 Å². The summed E-state index contributed by atoms with van der Waals surface area (Å²) in [5.41, 5.74) is 3.75. The molecule has 1 aliphatic rings. The first-order valence-corrected chi connectivity index (χ1v) is 11.6. The van der Waals surface area contributed by atoms with E-state index in [1.165, 1.54) is 16.7 Å². The molecule has 7 heteroatoms. The van der Waals surface area contributed by atoms with Gasteiger partial charge in [-0.2, -0.15) is 0 Å². The predicted octanol–water partition coefficient (Wildman–Crippen LogP) is 5.83. The fourth-order valence-electron chi connectivity index (χ4n) is 4.60. The standard InChI is InChI=1S/C28H33FN2O2.2ClH/c1-32-27-13-10-23(21-28(27)33-2)14-15-30-16-18-31(19-17-30)26(24-6-4-3-5-7-24)20-22-8-11-25(29)12-9-22;;/h3-13,21,26H,14-20H2,1-2H3;2*1H. The molecule has 3 aromatic carbocycles. The summed E-state index contributed by atoms with van der Waals surface area (Å²) in [6, 6.07) is 24.1. The van der Waals surface area contributed by atoms with Crippen molar-refractivity contribution >= 4 is 24.8 Å². The summed E-state index contributed by atoms with van der Waals surface area (Å²) >= 11 is 0. The third kappa shape index (κ3) is 7.84. The molecule has 35 heavy (non-hydrogen) atoms. The average molecular weight is 522 g/mol. The zero-order valence-electron chi connectivity index (χ0n) is 20.4. The molecule has 0 bridgehead atoms. The van der Waals surface area contributed by atoms with Crippen LogP contribution in [0.5, 0.6) is 11.5 Å². The molecular formula is C28H35Cl2FN2O2. The number of rotatable bonds is 9. The van der Waals surface area contributed by atoms with Crippen LogP contribution in [0.25, 0.3) is 0 Å². The zero-order valence-corrected chi connectivity index (χ0v) is 22.0. The Hall–Kier alpha value is -2.31. The van der Waals surface area contributed by atoms with Gasteiger partial charge < -0.3 is 14.4 Å². The van der Waals surface area contributed by atoms with Gasteiger partial charge in [-0.15, -0.1) is 24.8 Å². The van der Waals surface area contributed by atoms with Crippen LogP contribution in [0.2, 0.25) is 0 Å². The molecule has 0 amide bonds. The fraction of sp³-hybridized carbons (Fsp3) is 0.357. The van der Waals surface area contributed by atoms with Crippen molar-refractivity contribution < 1.29 is 13.9 Å². The molecular weight excluding hydrogens is 486 g/mol. The summed E-state index contributed by atoms with van der Waals surface area (Å²) < 4.78 is 24.2. The molecule has 1 heterocycles. The summed E-state index contributed by atoms with van der Waals surface area (Å²) in [6.07, 6.45) is 1.87. The molecule has 190 valence electrons. The number of piperazine rings is 1. The van der Waals surface area contributed by atoms with Crippen LogP contribution in [-0.2, 0) is 12.8 Å². The molecule has 0 saturated carbocycles. The Bertz CT molecular complexity index is 1010. The molecule has 1 saturated heterocycles. The maximum Gasteiger partial charge on any atom is 0.160 e. The van der Waals surface area contributed by atoms with Crippen molar-refractivity contribution in [3.8, 4) is 11.5 Å². The van der Waals surface area contributed by atoms with Gasteiger partial charge in [-0.3, -0.25) is 4.90 Å². The van der Waals surface area contributed by atoms with Gasteiger partial charge in [0.1, 0.15) is 5.82 Å². The van der Waals surface area contributed by atoms with Gasteiger partial charge in [0.25, 0.3) is 0 Å². The van der Waals surface area contributed by atoms with Crippen LogP contribution in [0.15, 0.2) is 72.8 Å². The Kier molecular flexibility index (Phi) is 11.8. The number of nitrogens with zero attached hydrogens (tertiary/aromatic N) is 2. The van der Waals surface area contributed by atoms with Crippen molar-refractivity contribution in [2.75, 3.05) is 46.9 Å². The van der Waals surface area contributed by atoms with Gasteiger partial charge >= 0.3 is 0 Å². The van der Waals surface area contributed by atoms with Crippen LogP contribution < -0.4 is 9.47 Å². The Morgan fingerprint density at radius 2 is 1.40 bits per heavy atom. The first kappa shape index (κ1) is 28.9. The van der Waals surface area contributed by atoms with Gasteiger partial charge in [-0.05, 0) is 53.8 Å². The lowest BCUT2D eigenvalue weighted by molar-refractivity contribution is 0.0961. The highest BCUT2D eigenvalue weighted by Crippen LogP contribution is 2.29. The number of hydrogen-bond donors (Lipinski definition) is 0. The van der Waals surface area contributed by atoms with Gasteiger partial charge in [-0.1, -0.05) is 48.5 Å². The second-order valence-electron chi connectivity index (χ2n) is 8.57.